The van der Waals surface area contributed by atoms with E-state index in [1.165, 1.54) is 19.3 Å². The maximum Gasteiger partial charge on any atom is 0.407 e. The summed E-state index contributed by atoms with van der Waals surface area (Å²) in [5.74, 6) is 0.568. The Kier molecular flexibility index (Phi) is 3.69. The van der Waals surface area contributed by atoms with Crippen molar-refractivity contribution in [2.75, 3.05) is 19.6 Å². The minimum absolute atomic E-state index is 0.145. The largest absolute Gasteiger partial charge is 0.441 e. The number of carbonyl (C=O) groups is 1. The fourth-order valence-electron chi connectivity index (χ4n) is 2.41. The Morgan fingerprint density at radius 2 is 2.38 bits per heavy atom. The van der Waals surface area contributed by atoms with E-state index in [0.717, 1.165) is 32.5 Å². The average molecular weight is 226 g/mol. The van der Waals surface area contributed by atoms with E-state index >= 15 is 0 Å². The van der Waals surface area contributed by atoms with Gasteiger partial charge in [0.15, 0.2) is 0 Å². The molecule has 1 saturated heterocycles. The van der Waals surface area contributed by atoms with Crippen LogP contribution in [0.4, 0.5) is 4.79 Å². The second-order valence-electron chi connectivity index (χ2n) is 4.97. The average Bonchev–Trinajstić information content (AvgIpc) is 2.79. The third-order valence-electron chi connectivity index (χ3n) is 3.59. The number of amides is 1. The van der Waals surface area contributed by atoms with Crippen LogP contribution < -0.4 is 10.6 Å². The van der Waals surface area contributed by atoms with Crippen molar-refractivity contribution in [1.82, 2.24) is 10.6 Å². The summed E-state index contributed by atoms with van der Waals surface area (Å²) in [4.78, 5) is 11.5. The molecule has 92 valence electrons. The number of fused-ring (bicyclic) bond motifs is 1. The van der Waals surface area contributed by atoms with E-state index in [4.69, 9.17) is 4.74 Å². The Bertz CT molecular complexity index is 257. The highest BCUT2D eigenvalue weighted by molar-refractivity contribution is 5.68. The lowest BCUT2D eigenvalue weighted by Gasteiger charge is -2.14. The van der Waals surface area contributed by atoms with Crippen molar-refractivity contribution < 1.29 is 9.53 Å². The van der Waals surface area contributed by atoms with Gasteiger partial charge in [-0.25, -0.2) is 4.79 Å². The van der Waals surface area contributed by atoms with Crippen molar-refractivity contribution in [2.45, 2.75) is 44.6 Å². The van der Waals surface area contributed by atoms with Crippen LogP contribution in [0.3, 0.4) is 0 Å². The predicted octanol–water partition coefficient (Wildman–Crippen LogP) is 1.65. The molecule has 1 aliphatic carbocycles. The molecule has 0 aromatic rings. The topological polar surface area (TPSA) is 50.4 Å². The van der Waals surface area contributed by atoms with E-state index in [9.17, 15) is 4.79 Å². The third kappa shape index (κ3) is 2.67. The van der Waals surface area contributed by atoms with Crippen molar-refractivity contribution in [1.29, 1.82) is 0 Å². The number of ether oxygens (including phenoxy) is 1. The molecule has 2 fully saturated rings. The van der Waals surface area contributed by atoms with E-state index in [-0.39, 0.29) is 11.7 Å². The Labute approximate surface area is 97.1 Å². The molecule has 2 N–H and O–H groups in total. The lowest BCUT2D eigenvalue weighted by atomic mass is 10.2. The highest BCUT2D eigenvalue weighted by atomic mass is 16.6. The number of hydrogen-bond donors (Lipinski definition) is 2. The fourth-order valence-corrected chi connectivity index (χ4v) is 2.41. The number of alkyl carbamates (subject to hydrolysis) is 1. The summed E-state index contributed by atoms with van der Waals surface area (Å²) in [5.41, 5.74) is -0.145. The molecule has 1 aliphatic heterocycles. The molecule has 2 unspecified atom stereocenters. The van der Waals surface area contributed by atoms with Crippen LogP contribution in [-0.4, -0.2) is 31.3 Å². The zero-order valence-electron chi connectivity index (χ0n) is 10.1. The van der Waals surface area contributed by atoms with Gasteiger partial charge in [-0.2, -0.15) is 0 Å². The Hall–Kier alpha value is -0.770. The van der Waals surface area contributed by atoms with Crippen LogP contribution >= 0.6 is 0 Å². The lowest BCUT2D eigenvalue weighted by molar-refractivity contribution is 0.0850. The molecular formula is C12H22N2O2. The smallest absolute Gasteiger partial charge is 0.407 e. The van der Waals surface area contributed by atoms with Crippen LogP contribution in [0, 0.1) is 5.92 Å². The zero-order valence-corrected chi connectivity index (χ0v) is 10.1. The van der Waals surface area contributed by atoms with Crippen molar-refractivity contribution >= 4 is 6.09 Å². The molecule has 0 radical (unpaired) electrons. The van der Waals surface area contributed by atoms with Gasteiger partial charge >= 0.3 is 6.09 Å². The van der Waals surface area contributed by atoms with Crippen LogP contribution in [0.15, 0.2) is 0 Å². The summed E-state index contributed by atoms with van der Waals surface area (Å²) < 4.78 is 5.47. The normalized spacial score (nSPS) is 30.9. The Balaban J connectivity index is 1.55. The second kappa shape index (κ2) is 5.04. The van der Waals surface area contributed by atoms with Crippen molar-refractivity contribution in [3.05, 3.63) is 0 Å². The second-order valence-corrected chi connectivity index (χ2v) is 4.97. The Morgan fingerprint density at radius 1 is 1.50 bits per heavy atom. The molecule has 2 aliphatic rings. The fraction of sp³-hybridized carbons (Fsp3) is 0.917. The summed E-state index contributed by atoms with van der Waals surface area (Å²) in [5, 5.41) is 6.08. The van der Waals surface area contributed by atoms with Crippen LogP contribution in [0.2, 0.25) is 0 Å². The number of unbranched alkanes of at least 4 members (excludes halogenated alkanes) is 3. The molecule has 0 aromatic heterocycles. The Morgan fingerprint density at radius 3 is 3.00 bits per heavy atom. The van der Waals surface area contributed by atoms with Crippen LogP contribution in [-0.2, 0) is 4.74 Å². The first-order valence-corrected chi connectivity index (χ1v) is 6.44. The molecule has 4 nitrogen and oxygen atoms in total. The first-order chi connectivity index (χ1) is 7.77. The molecule has 1 heterocycles. The molecule has 2 atom stereocenters. The van der Waals surface area contributed by atoms with Gasteiger partial charge in [-0.05, 0) is 12.8 Å². The highest BCUT2D eigenvalue weighted by Crippen LogP contribution is 2.49. The van der Waals surface area contributed by atoms with Gasteiger partial charge in [-0.3, -0.25) is 0 Å². The van der Waals surface area contributed by atoms with E-state index in [1.54, 1.807) is 0 Å². The summed E-state index contributed by atoms with van der Waals surface area (Å²) in [6.07, 6.45) is 5.52. The van der Waals surface area contributed by atoms with Gasteiger partial charge in [-0.15, -0.1) is 0 Å². The molecule has 4 heteroatoms. The highest BCUT2D eigenvalue weighted by Gasteiger charge is 2.60. The first kappa shape index (κ1) is 11.7. The quantitative estimate of drug-likeness (QED) is 0.677. The van der Waals surface area contributed by atoms with E-state index < -0.39 is 0 Å². The van der Waals surface area contributed by atoms with Gasteiger partial charge in [-0.1, -0.05) is 26.2 Å². The molecule has 0 aromatic carbocycles. The first-order valence-electron chi connectivity index (χ1n) is 6.44. The molecule has 16 heavy (non-hydrogen) atoms. The summed E-state index contributed by atoms with van der Waals surface area (Å²) in [7, 11) is 0. The van der Waals surface area contributed by atoms with Gasteiger partial charge in [0.05, 0.1) is 0 Å². The number of carbonyl (C=O) groups excluding carboxylic acids is 1. The molecular weight excluding hydrogens is 204 g/mol. The van der Waals surface area contributed by atoms with Crippen LogP contribution in [0.5, 0.6) is 0 Å². The van der Waals surface area contributed by atoms with Gasteiger partial charge in [0, 0.05) is 25.6 Å². The monoisotopic (exact) mass is 226 g/mol. The van der Waals surface area contributed by atoms with Crippen LogP contribution in [0.1, 0.15) is 39.0 Å². The van der Waals surface area contributed by atoms with Gasteiger partial charge in [0.2, 0.25) is 0 Å². The maximum atomic E-state index is 11.5. The standard InChI is InChI=1S/C12H22N2O2/c1-2-3-4-5-6-14-11(15)16-12-7-10(12)8-13-9-12/h10,13H,2-9H2,1H3,(H,14,15). The summed E-state index contributed by atoms with van der Waals surface area (Å²) in [6, 6.07) is 0. The summed E-state index contributed by atoms with van der Waals surface area (Å²) in [6.45, 7) is 4.76. The molecule has 1 amide bonds. The van der Waals surface area contributed by atoms with Crippen molar-refractivity contribution in [3.8, 4) is 0 Å². The number of nitrogens with one attached hydrogen (secondary N) is 2. The van der Waals surface area contributed by atoms with Gasteiger partial charge < -0.3 is 15.4 Å². The SMILES string of the molecule is CCCCCCNC(=O)OC12CNCC1C2. The van der Waals surface area contributed by atoms with E-state index in [2.05, 4.69) is 17.6 Å². The number of piperidine rings is 1. The van der Waals surface area contributed by atoms with Gasteiger partial charge in [0.1, 0.15) is 5.60 Å². The lowest BCUT2D eigenvalue weighted by Crippen LogP contribution is -2.33. The van der Waals surface area contributed by atoms with E-state index in [0.29, 0.717) is 5.92 Å². The third-order valence-corrected chi connectivity index (χ3v) is 3.59. The predicted molar refractivity (Wildman–Crippen MR) is 62.3 cm³/mol. The van der Waals surface area contributed by atoms with Gasteiger partial charge in [0.25, 0.3) is 0 Å². The van der Waals surface area contributed by atoms with Crippen molar-refractivity contribution in [2.24, 2.45) is 5.92 Å². The minimum Gasteiger partial charge on any atom is -0.441 e. The molecule has 1 saturated carbocycles. The molecule has 0 bridgehead atoms. The van der Waals surface area contributed by atoms with E-state index in [1.807, 2.05) is 0 Å². The minimum atomic E-state index is -0.234. The zero-order chi connectivity index (χ0) is 11.4. The van der Waals surface area contributed by atoms with Crippen molar-refractivity contribution in [3.63, 3.8) is 0 Å². The maximum absolute atomic E-state index is 11.5. The number of hydrogen-bond acceptors (Lipinski definition) is 3. The summed E-state index contributed by atoms with van der Waals surface area (Å²) >= 11 is 0. The number of rotatable bonds is 6. The van der Waals surface area contributed by atoms with Crippen LogP contribution in [0.25, 0.3) is 0 Å². The molecule has 2 rings (SSSR count). The molecule has 0 spiro atoms.